The van der Waals surface area contributed by atoms with Gasteiger partial charge in [0.05, 0.1) is 26.4 Å². The van der Waals surface area contributed by atoms with Crippen LogP contribution in [0, 0.1) is 0 Å². The maximum Gasteiger partial charge on any atom is 0.409 e. The van der Waals surface area contributed by atoms with Gasteiger partial charge < -0.3 is 18.9 Å². The molecule has 26 heavy (non-hydrogen) atoms. The van der Waals surface area contributed by atoms with Gasteiger partial charge >= 0.3 is 6.09 Å². The van der Waals surface area contributed by atoms with Crippen molar-refractivity contribution >= 4 is 6.09 Å². The number of ether oxygens (including phenoxy) is 2. The van der Waals surface area contributed by atoms with Crippen LogP contribution in [0.25, 0.3) is 0 Å². The summed E-state index contributed by atoms with van der Waals surface area (Å²) in [5.74, 6) is 2.17. The Morgan fingerprint density at radius 3 is 2.85 bits per heavy atom. The number of rotatable bonds is 6. The highest BCUT2D eigenvalue weighted by atomic mass is 16.6. The minimum absolute atomic E-state index is 0.196. The molecule has 0 radical (unpaired) electrons. The number of hydrogen-bond donors (Lipinski definition) is 0. The van der Waals surface area contributed by atoms with E-state index in [1.54, 1.807) is 0 Å². The fourth-order valence-electron chi connectivity index (χ4n) is 3.58. The van der Waals surface area contributed by atoms with Gasteiger partial charge in [0, 0.05) is 39.1 Å². The van der Waals surface area contributed by atoms with E-state index in [9.17, 15) is 4.79 Å². The second-order valence-electron chi connectivity index (χ2n) is 7.18. The van der Waals surface area contributed by atoms with Gasteiger partial charge in [0.1, 0.15) is 11.6 Å². The van der Waals surface area contributed by atoms with E-state index >= 15 is 0 Å². The number of hydrogen-bond acceptors (Lipinski definition) is 6. The van der Waals surface area contributed by atoms with Crippen LogP contribution in [0.3, 0.4) is 0 Å². The van der Waals surface area contributed by atoms with Gasteiger partial charge in [-0.15, -0.1) is 10.2 Å². The van der Waals surface area contributed by atoms with Crippen LogP contribution in [0.2, 0.25) is 0 Å². The zero-order valence-corrected chi connectivity index (χ0v) is 16.0. The third-order valence-corrected chi connectivity index (χ3v) is 5.24. The molecule has 0 unspecified atom stereocenters. The molecule has 0 saturated carbocycles. The molecule has 8 nitrogen and oxygen atoms in total. The zero-order chi connectivity index (χ0) is 18.4. The molecule has 3 heterocycles. The molecule has 146 valence electrons. The van der Waals surface area contributed by atoms with Crippen molar-refractivity contribution in [2.75, 3.05) is 46.0 Å². The number of carbonyl (C=O) groups excluding carboxylic acids is 1. The van der Waals surface area contributed by atoms with E-state index in [-0.39, 0.29) is 12.0 Å². The molecule has 2 aliphatic heterocycles. The number of aromatic nitrogens is 3. The van der Waals surface area contributed by atoms with Crippen molar-refractivity contribution in [3.8, 4) is 0 Å². The molecule has 8 heteroatoms. The van der Waals surface area contributed by atoms with Crippen LogP contribution < -0.4 is 0 Å². The summed E-state index contributed by atoms with van der Waals surface area (Å²) < 4.78 is 12.9. The maximum absolute atomic E-state index is 12.2. The fourth-order valence-corrected chi connectivity index (χ4v) is 3.58. The summed E-state index contributed by atoms with van der Waals surface area (Å²) in [6, 6.07) is 0. The fraction of sp³-hybridized carbons (Fsp3) is 0.833. The number of morpholine rings is 1. The molecule has 1 amide bonds. The Morgan fingerprint density at radius 1 is 1.27 bits per heavy atom. The lowest BCUT2D eigenvalue weighted by molar-refractivity contribution is 0.0326. The lowest BCUT2D eigenvalue weighted by Gasteiger charge is -2.31. The summed E-state index contributed by atoms with van der Waals surface area (Å²) >= 11 is 0. The number of nitrogens with zero attached hydrogens (tertiary/aromatic N) is 5. The molecular formula is C18H31N5O3. The van der Waals surface area contributed by atoms with Crippen LogP contribution in [0.1, 0.15) is 50.2 Å². The number of unbranched alkanes of at least 4 members (excludes halogenated alkanes) is 1. The van der Waals surface area contributed by atoms with Crippen molar-refractivity contribution in [3.63, 3.8) is 0 Å². The topological polar surface area (TPSA) is 72.7 Å². The van der Waals surface area contributed by atoms with Gasteiger partial charge in [-0.1, -0.05) is 13.3 Å². The van der Waals surface area contributed by atoms with E-state index in [0.717, 1.165) is 76.7 Å². The first kappa shape index (κ1) is 19.1. The smallest absolute Gasteiger partial charge is 0.409 e. The molecule has 2 fully saturated rings. The van der Waals surface area contributed by atoms with Crippen molar-refractivity contribution in [2.24, 2.45) is 7.05 Å². The molecular weight excluding hydrogens is 334 g/mol. The minimum Gasteiger partial charge on any atom is -0.449 e. The molecule has 1 aromatic heterocycles. The van der Waals surface area contributed by atoms with Crippen molar-refractivity contribution in [3.05, 3.63) is 11.6 Å². The van der Waals surface area contributed by atoms with Crippen LogP contribution >= 0.6 is 0 Å². The summed E-state index contributed by atoms with van der Waals surface area (Å²) in [7, 11) is 2.03. The standard InChI is InChI=1S/C18H31N5O3/c1-3-4-10-26-18(24)23-7-5-6-15(13-23)17-20-19-16(21(17)2)14-22-8-11-25-12-9-22/h15H,3-14H2,1-2H3/t15-/m0/s1. The molecule has 1 atom stereocenters. The lowest BCUT2D eigenvalue weighted by atomic mass is 9.97. The summed E-state index contributed by atoms with van der Waals surface area (Å²) in [4.78, 5) is 16.4. The number of likely N-dealkylation sites (tertiary alicyclic amines) is 1. The molecule has 0 aromatic carbocycles. The molecule has 3 rings (SSSR count). The summed E-state index contributed by atoms with van der Waals surface area (Å²) in [6.07, 6.45) is 3.75. The van der Waals surface area contributed by atoms with Crippen LogP contribution in [0.4, 0.5) is 4.79 Å². The number of piperidine rings is 1. The van der Waals surface area contributed by atoms with Gasteiger partial charge in [-0.3, -0.25) is 4.90 Å². The van der Waals surface area contributed by atoms with E-state index in [1.807, 2.05) is 11.9 Å². The van der Waals surface area contributed by atoms with E-state index in [1.165, 1.54) is 0 Å². The molecule has 0 aliphatic carbocycles. The molecule has 0 spiro atoms. The first-order valence-electron chi connectivity index (χ1n) is 9.79. The van der Waals surface area contributed by atoms with E-state index in [2.05, 4.69) is 26.6 Å². The first-order chi connectivity index (χ1) is 12.7. The third kappa shape index (κ3) is 4.73. The quantitative estimate of drug-likeness (QED) is 0.716. The Hall–Kier alpha value is -1.67. The van der Waals surface area contributed by atoms with Gasteiger partial charge in [0.2, 0.25) is 0 Å². The normalized spacial score (nSPS) is 21.8. The van der Waals surface area contributed by atoms with E-state index in [4.69, 9.17) is 9.47 Å². The SMILES string of the molecule is CCCCOC(=O)N1CCC[C@H](c2nnc(CN3CCOCC3)n2C)C1. The second kappa shape index (κ2) is 9.32. The van der Waals surface area contributed by atoms with Crippen molar-refractivity contribution in [1.29, 1.82) is 0 Å². The highest BCUT2D eigenvalue weighted by molar-refractivity contribution is 5.67. The second-order valence-corrected chi connectivity index (χ2v) is 7.18. The van der Waals surface area contributed by atoms with Gasteiger partial charge in [-0.25, -0.2) is 4.79 Å². The Kier molecular flexibility index (Phi) is 6.85. The lowest BCUT2D eigenvalue weighted by Crippen LogP contribution is -2.40. The largest absolute Gasteiger partial charge is 0.449 e. The Labute approximate surface area is 155 Å². The molecule has 2 aliphatic rings. The van der Waals surface area contributed by atoms with Crippen molar-refractivity contribution < 1.29 is 14.3 Å². The Balaban J connectivity index is 1.58. The van der Waals surface area contributed by atoms with Crippen molar-refractivity contribution in [1.82, 2.24) is 24.6 Å². The molecule has 1 aromatic rings. The highest BCUT2D eigenvalue weighted by Gasteiger charge is 2.29. The summed E-state index contributed by atoms with van der Waals surface area (Å²) in [5.41, 5.74) is 0. The van der Waals surface area contributed by atoms with Gasteiger partial charge in [0.25, 0.3) is 0 Å². The van der Waals surface area contributed by atoms with Crippen molar-refractivity contribution in [2.45, 2.75) is 45.1 Å². The van der Waals surface area contributed by atoms with E-state index in [0.29, 0.717) is 13.2 Å². The Morgan fingerprint density at radius 2 is 2.08 bits per heavy atom. The first-order valence-corrected chi connectivity index (χ1v) is 9.79. The Bertz CT molecular complexity index is 585. The zero-order valence-electron chi connectivity index (χ0n) is 16.0. The van der Waals surface area contributed by atoms with Crippen LogP contribution in [0.5, 0.6) is 0 Å². The average Bonchev–Trinajstić information content (AvgIpc) is 3.03. The minimum atomic E-state index is -0.196. The third-order valence-electron chi connectivity index (χ3n) is 5.24. The van der Waals surface area contributed by atoms with Gasteiger partial charge in [-0.05, 0) is 19.3 Å². The van der Waals surface area contributed by atoms with Gasteiger partial charge in [-0.2, -0.15) is 0 Å². The number of amides is 1. The van der Waals surface area contributed by atoms with Crippen LogP contribution in [-0.4, -0.2) is 76.7 Å². The predicted molar refractivity (Wildman–Crippen MR) is 96.9 cm³/mol. The highest BCUT2D eigenvalue weighted by Crippen LogP contribution is 2.26. The summed E-state index contributed by atoms with van der Waals surface area (Å²) in [5, 5.41) is 8.86. The van der Waals surface area contributed by atoms with Crippen LogP contribution in [0.15, 0.2) is 0 Å². The average molecular weight is 365 g/mol. The maximum atomic E-state index is 12.2. The van der Waals surface area contributed by atoms with Crippen LogP contribution in [-0.2, 0) is 23.1 Å². The van der Waals surface area contributed by atoms with E-state index < -0.39 is 0 Å². The van der Waals surface area contributed by atoms with Gasteiger partial charge in [0.15, 0.2) is 0 Å². The predicted octanol–water partition coefficient (Wildman–Crippen LogP) is 1.76. The molecule has 0 bridgehead atoms. The summed E-state index contributed by atoms with van der Waals surface area (Å²) in [6.45, 7) is 8.24. The molecule has 2 saturated heterocycles. The number of carbonyl (C=O) groups is 1. The monoisotopic (exact) mass is 365 g/mol. The molecule has 0 N–H and O–H groups in total.